The molecule has 0 saturated carbocycles. The zero-order valence-electron chi connectivity index (χ0n) is 20.6. The molecule has 3 aromatic rings. The Labute approximate surface area is 223 Å². The maximum Gasteiger partial charge on any atom is 0.157 e. The second-order valence-corrected chi connectivity index (χ2v) is 10.1. The molecule has 1 saturated heterocycles. The Bertz CT molecular complexity index is 1080. The Morgan fingerprint density at radius 2 is 1.83 bits per heavy atom. The van der Waals surface area contributed by atoms with Crippen LogP contribution in [0.1, 0.15) is 43.4 Å². The number of hydrogen-bond donors (Lipinski definition) is 2. The summed E-state index contributed by atoms with van der Waals surface area (Å²) >= 11 is 12.6. The smallest absolute Gasteiger partial charge is 0.157 e. The molecular weight excluding hydrogens is 495 g/mol. The number of phenolic OH excluding ortho intramolecular Hbond substituents is 1. The number of ether oxygens (including phenoxy) is 2. The van der Waals surface area contributed by atoms with Gasteiger partial charge in [0, 0.05) is 36.8 Å². The minimum Gasteiger partial charge on any atom is -0.508 e. The van der Waals surface area contributed by atoms with Gasteiger partial charge in [0.05, 0.1) is 23.4 Å². The minimum absolute atomic E-state index is 0.0820. The van der Waals surface area contributed by atoms with Gasteiger partial charge in [0.25, 0.3) is 0 Å². The van der Waals surface area contributed by atoms with Crippen LogP contribution in [0.3, 0.4) is 0 Å². The molecule has 2 unspecified atom stereocenters. The third kappa shape index (κ3) is 7.86. The highest BCUT2D eigenvalue weighted by molar-refractivity contribution is 6.33. The molecule has 3 aromatic carbocycles. The summed E-state index contributed by atoms with van der Waals surface area (Å²) in [5.74, 6) is 0.134. The number of rotatable bonds is 11. The van der Waals surface area contributed by atoms with Crippen molar-refractivity contribution in [3.63, 3.8) is 0 Å². The van der Waals surface area contributed by atoms with Crippen molar-refractivity contribution in [1.29, 1.82) is 0 Å². The molecule has 7 heteroatoms. The van der Waals surface area contributed by atoms with Gasteiger partial charge in [0.15, 0.2) is 6.29 Å². The molecular formula is C29H34Cl2N2O3. The first-order valence-electron chi connectivity index (χ1n) is 12.5. The van der Waals surface area contributed by atoms with E-state index in [0.29, 0.717) is 23.2 Å². The fourth-order valence-electron chi connectivity index (χ4n) is 4.39. The van der Waals surface area contributed by atoms with Crippen LogP contribution >= 0.6 is 23.2 Å². The van der Waals surface area contributed by atoms with Crippen LogP contribution in [-0.4, -0.2) is 42.1 Å². The van der Waals surface area contributed by atoms with E-state index in [2.05, 4.69) is 41.4 Å². The van der Waals surface area contributed by atoms with E-state index in [0.717, 1.165) is 43.7 Å². The molecule has 0 amide bonds. The predicted octanol–water partition coefficient (Wildman–Crippen LogP) is 7.29. The topological polar surface area (TPSA) is 54.0 Å². The summed E-state index contributed by atoms with van der Waals surface area (Å²) in [6.45, 7) is 5.00. The first-order chi connectivity index (χ1) is 17.5. The highest BCUT2D eigenvalue weighted by Crippen LogP contribution is 2.31. The van der Waals surface area contributed by atoms with Crippen molar-refractivity contribution < 1.29 is 14.6 Å². The van der Waals surface area contributed by atoms with Crippen LogP contribution in [0, 0.1) is 0 Å². The van der Waals surface area contributed by atoms with E-state index in [1.807, 2.05) is 30.3 Å². The van der Waals surface area contributed by atoms with Crippen LogP contribution in [0.2, 0.25) is 10.0 Å². The second-order valence-electron chi connectivity index (χ2n) is 9.31. The normalized spacial score (nSPS) is 17.6. The third-order valence-electron chi connectivity index (χ3n) is 6.48. The van der Waals surface area contributed by atoms with Crippen LogP contribution in [-0.2, 0) is 16.0 Å². The number of nitrogens with one attached hydrogen (secondary N) is 1. The van der Waals surface area contributed by atoms with Crippen LogP contribution < -0.4 is 5.32 Å². The number of halogens is 2. The van der Waals surface area contributed by atoms with Gasteiger partial charge in [-0.25, -0.2) is 0 Å². The van der Waals surface area contributed by atoms with E-state index >= 15 is 0 Å². The average molecular weight is 530 g/mol. The van der Waals surface area contributed by atoms with Gasteiger partial charge in [0.1, 0.15) is 5.75 Å². The van der Waals surface area contributed by atoms with Gasteiger partial charge in [-0.2, -0.15) is 0 Å². The Balaban J connectivity index is 1.56. The molecule has 1 fully saturated rings. The van der Waals surface area contributed by atoms with Crippen molar-refractivity contribution in [2.75, 3.05) is 25.1 Å². The Morgan fingerprint density at radius 1 is 1.06 bits per heavy atom. The van der Waals surface area contributed by atoms with Crippen molar-refractivity contribution in [2.45, 2.75) is 51.1 Å². The molecule has 3 atom stereocenters. The first kappa shape index (κ1) is 26.8. The lowest BCUT2D eigenvalue weighted by molar-refractivity contribution is -0.170. The maximum absolute atomic E-state index is 9.81. The number of hydrogen-bond acceptors (Lipinski definition) is 5. The Kier molecular flexibility index (Phi) is 9.90. The molecule has 1 aliphatic rings. The highest BCUT2D eigenvalue weighted by Gasteiger charge is 2.24. The lowest BCUT2D eigenvalue weighted by atomic mass is 10.0. The van der Waals surface area contributed by atoms with Crippen molar-refractivity contribution in [2.24, 2.45) is 0 Å². The van der Waals surface area contributed by atoms with E-state index in [9.17, 15) is 5.11 Å². The van der Waals surface area contributed by atoms with Gasteiger partial charge >= 0.3 is 0 Å². The number of benzene rings is 3. The summed E-state index contributed by atoms with van der Waals surface area (Å²) in [6, 6.07) is 23.4. The molecule has 0 aromatic heterocycles. The largest absolute Gasteiger partial charge is 0.508 e. The van der Waals surface area contributed by atoms with E-state index < -0.39 is 0 Å². The lowest BCUT2D eigenvalue weighted by Gasteiger charge is -2.34. The van der Waals surface area contributed by atoms with E-state index in [4.69, 9.17) is 32.7 Å². The van der Waals surface area contributed by atoms with Crippen LogP contribution in [0.4, 0.5) is 5.69 Å². The van der Waals surface area contributed by atoms with Crippen molar-refractivity contribution in [3.05, 3.63) is 94.0 Å². The lowest BCUT2D eigenvalue weighted by Crippen LogP contribution is -2.41. The van der Waals surface area contributed by atoms with E-state index in [1.165, 1.54) is 5.56 Å². The maximum atomic E-state index is 9.81. The predicted molar refractivity (Wildman–Crippen MR) is 147 cm³/mol. The molecule has 192 valence electrons. The standard InChI is InChI=1S/C29H34Cl2N2O3/c1-21(20-36-29-9-5-6-16-35-29)33(18-22-7-3-2-4-8-22)19-28(23-10-12-24(30)13-11-23)32-27-15-14-25(34)17-26(27)31/h2-4,7-8,10-15,17,21,28-29,32,34H,5-6,9,16,18-20H2,1H3/t21?,28-,29?/m0/s1. The molecule has 0 radical (unpaired) electrons. The monoisotopic (exact) mass is 528 g/mol. The van der Waals surface area contributed by atoms with Crippen molar-refractivity contribution in [1.82, 2.24) is 4.90 Å². The van der Waals surface area contributed by atoms with E-state index in [-0.39, 0.29) is 24.1 Å². The van der Waals surface area contributed by atoms with Crippen LogP contribution in [0.15, 0.2) is 72.8 Å². The number of nitrogens with zero attached hydrogens (tertiary/aromatic N) is 1. The van der Waals surface area contributed by atoms with Gasteiger partial charge in [-0.3, -0.25) is 4.90 Å². The van der Waals surface area contributed by atoms with Gasteiger partial charge in [-0.1, -0.05) is 65.7 Å². The Hall–Kier alpha value is -2.28. The summed E-state index contributed by atoms with van der Waals surface area (Å²) in [6.07, 6.45) is 3.06. The summed E-state index contributed by atoms with van der Waals surface area (Å²) in [5.41, 5.74) is 3.08. The average Bonchev–Trinajstić information content (AvgIpc) is 2.89. The number of aromatic hydroxyl groups is 1. The van der Waals surface area contributed by atoms with Gasteiger partial charge < -0.3 is 19.9 Å². The quantitative estimate of drug-likeness (QED) is 0.256. The molecule has 0 bridgehead atoms. The summed E-state index contributed by atoms with van der Waals surface area (Å²) in [4.78, 5) is 2.42. The Morgan fingerprint density at radius 3 is 2.53 bits per heavy atom. The van der Waals surface area contributed by atoms with Crippen molar-refractivity contribution in [3.8, 4) is 5.75 Å². The number of anilines is 1. The molecule has 1 aliphatic heterocycles. The summed E-state index contributed by atoms with van der Waals surface area (Å²) < 4.78 is 12.0. The summed E-state index contributed by atoms with van der Waals surface area (Å²) in [5, 5.41) is 14.6. The van der Waals surface area contributed by atoms with Gasteiger partial charge in [0.2, 0.25) is 0 Å². The summed E-state index contributed by atoms with van der Waals surface area (Å²) in [7, 11) is 0. The van der Waals surface area contributed by atoms with Gasteiger partial charge in [-0.05, 0) is 61.6 Å². The number of phenols is 1. The molecule has 1 heterocycles. The zero-order valence-corrected chi connectivity index (χ0v) is 22.1. The van der Waals surface area contributed by atoms with Crippen LogP contribution in [0.25, 0.3) is 0 Å². The second kappa shape index (κ2) is 13.3. The molecule has 4 rings (SSSR count). The minimum atomic E-state index is -0.124. The van der Waals surface area contributed by atoms with Gasteiger partial charge in [-0.15, -0.1) is 0 Å². The highest BCUT2D eigenvalue weighted by atomic mass is 35.5. The van der Waals surface area contributed by atoms with Crippen molar-refractivity contribution >= 4 is 28.9 Å². The first-order valence-corrected chi connectivity index (χ1v) is 13.2. The third-order valence-corrected chi connectivity index (χ3v) is 7.05. The molecule has 0 spiro atoms. The van der Waals surface area contributed by atoms with Crippen LogP contribution in [0.5, 0.6) is 5.75 Å². The molecule has 0 aliphatic carbocycles. The molecule has 2 N–H and O–H groups in total. The fourth-order valence-corrected chi connectivity index (χ4v) is 4.74. The fraction of sp³-hybridized carbons (Fsp3) is 0.379. The zero-order chi connectivity index (χ0) is 25.3. The molecule has 36 heavy (non-hydrogen) atoms. The molecule has 5 nitrogen and oxygen atoms in total. The van der Waals surface area contributed by atoms with E-state index in [1.54, 1.807) is 18.2 Å². The SMILES string of the molecule is CC(COC1CCCCO1)N(Cc1ccccc1)C[C@H](Nc1ccc(O)cc1Cl)c1ccc(Cl)cc1.